The van der Waals surface area contributed by atoms with E-state index in [0.29, 0.717) is 0 Å². The Hall–Kier alpha value is -0.800. The highest BCUT2D eigenvalue weighted by Crippen LogP contribution is 2.26. The SMILES string of the molecule is Cn1ccc2cc(CCCN)cc(Br)c21. The van der Waals surface area contributed by atoms with Crippen LogP contribution in [0.25, 0.3) is 10.9 Å². The number of benzene rings is 1. The molecule has 3 heteroatoms. The Morgan fingerprint density at radius 1 is 1.40 bits per heavy atom. The number of hydrogen-bond donors (Lipinski definition) is 1. The van der Waals surface area contributed by atoms with Crippen LogP contribution in [-0.2, 0) is 13.5 Å². The van der Waals surface area contributed by atoms with E-state index in [1.807, 2.05) is 0 Å². The first-order valence-electron chi connectivity index (χ1n) is 5.16. The molecule has 1 heterocycles. The highest BCUT2D eigenvalue weighted by atomic mass is 79.9. The first-order chi connectivity index (χ1) is 7.22. The number of rotatable bonds is 3. The lowest BCUT2D eigenvalue weighted by Crippen LogP contribution is -2.00. The molecule has 0 aliphatic rings. The summed E-state index contributed by atoms with van der Waals surface area (Å²) in [5.41, 5.74) is 8.12. The highest BCUT2D eigenvalue weighted by molar-refractivity contribution is 9.10. The van der Waals surface area contributed by atoms with Crippen molar-refractivity contribution in [3.63, 3.8) is 0 Å². The fourth-order valence-electron chi connectivity index (χ4n) is 1.90. The zero-order valence-electron chi connectivity index (χ0n) is 8.83. The number of halogens is 1. The van der Waals surface area contributed by atoms with Gasteiger partial charge in [-0.25, -0.2) is 0 Å². The Labute approximate surface area is 98.2 Å². The molecule has 2 nitrogen and oxygen atoms in total. The Bertz CT molecular complexity index is 474. The quantitative estimate of drug-likeness (QED) is 0.910. The maximum absolute atomic E-state index is 5.52. The van der Waals surface area contributed by atoms with Crippen LogP contribution in [0.15, 0.2) is 28.9 Å². The standard InChI is InChI=1S/C12H15BrN2/c1-15-6-4-10-7-9(3-2-5-14)8-11(13)12(10)15/h4,6-8H,2-3,5,14H2,1H3. The molecular weight excluding hydrogens is 252 g/mol. The summed E-state index contributed by atoms with van der Waals surface area (Å²) in [4.78, 5) is 0. The van der Waals surface area contributed by atoms with Crippen LogP contribution in [0, 0.1) is 0 Å². The molecule has 15 heavy (non-hydrogen) atoms. The first-order valence-corrected chi connectivity index (χ1v) is 5.95. The zero-order chi connectivity index (χ0) is 10.8. The van der Waals surface area contributed by atoms with E-state index in [4.69, 9.17) is 5.73 Å². The van der Waals surface area contributed by atoms with E-state index in [9.17, 15) is 0 Å². The van der Waals surface area contributed by atoms with Crippen LogP contribution < -0.4 is 5.73 Å². The van der Waals surface area contributed by atoms with Crippen molar-refractivity contribution in [2.75, 3.05) is 6.54 Å². The lowest BCUT2D eigenvalue weighted by atomic mass is 10.1. The van der Waals surface area contributed by atoms with Gasteiger partial charge in [-0.3, -0.25) is 0 Å². The molecule has 80 valence electrons. The van der Waals surface area contributed by atoms with E-state index in [1.54, 1.807) is 0 Å². The van der Waals surface area contributed by atoms with Crippen LogP contribution >= 0.6 is 15.9 Å². The predicted octanol–water partition coefficient (Wildman–Crippen LogP) is 2.83. The molecular formula is C12H15BrN2. The van der Waals surface area contributed by atoms with Crippen LogP contribution in [0.2, 0.25) is 0 Å². The van der Waals surface area contributed by atoms with Gasteiger partial charge in [-0.05, 0) is 59.1 Å². The van der Waals surface area contributed by atoms with Gasteiger partial charge in [0.1, 0.15) is 0 Å². The summed E-state index contributed by atoms with van der Waals surface area (Å²) in [6, 6.07) is 6.58. The second kappa shape index (κ2) is 4.37. The molecule has 2 aromatic rings. The van der Waals surface area contributed by atoms with Crippen molar-refractivity contribution in [2.24, 2.45) is 12.8 Å². The van der Waals surface area contributed by atoms with E-state index in [-0.39, 0.29) is 0 Å². The van der Waals surface area contributed by atoms with Crippen molar-refractivity contribution in [3.05, 3.63) is 34.4 Å². The van der Waals surface area contributed by atoms with Crippen molar-refractivity contribution in [1.82, 2.24) is 4.57 Å². The summed E-state index contributed by atoms with van der Waals surface area (Å²) in [7, 11) is 2.06. The van der Waals surface area contributed by atoms with Gasteiger partial charge < -0.3 is 10.3 Å². The molecule has 2 N–H and O–H groups in total. The molecule has 1 aromatic carbocycles. The number of aryl methyl sites for hydroxylation is 2. The summed E-state index contributed by atoms with van der Waals surface area (Å²) in [5, 5.41) is 1.29. The zero-order valence-corrected chi connectivity index (χ0v) is 10.4. The van der Waals surface area contributed by atoms with Crippen molar-refractivity contribution in [2.45, 2.75) is 12.8 Å². The number of nitrogens with zero attached hydrogens (tertiary/aromatic N) is 1. The maximum atomic E-state index is 5.52. The highest BCUT2D eigenvalue weighted by Gasteiger charge is 2.04. The van der Waals surface area contributed by atoms with Crippen molar-refractivity contribution < 1.29 is 0 Å². The van der Waals surface area contributed by atoms with E-state index < -0.39 is 0 Å². The average Bonchev–Trinajstić information content (AvgIpc) is 2.58. The molecule has 0 aliphatic carbocycles. The Morgan fingerprint density at radius 2 is 2.20 bits per heavy atom. The molecule has 1 aromatic heterocycles. The van der Waals surface area contributed by atoms with Crippen molar-refractivity contribution >= 4 is 26.8 Å². The lowest BCUT2D eigenvalue weighted by Gasteiger charge is -2.04. The molecule has 0 saturated heterocycles. The minimum Gasteiger partial charge on any atom is -0.350 e. The van der Waals surface area contributed by atoms with Gasteiger partial charge in [-0.2, -0.15) is 0 Å². The van der Waals surface area contributed by atoms with E-state index in [0.717, 1.165) is 19.4 Å². The fraction of sp³-hybridized carbons (Fsp3) is 0.333. The van der Waals surface area contributed by atoms with Gasteiger partial charge in [-0.1, -0.05) is 0 Å². The summed E-state index contributed by atoms with van der Waals surface area (Å²) in [6.45, 7) is 0.754. The van der Waals surface area contributed by atoms with Crippen LogP contribution in [0.4, 0.5) is 0 Å². The van der Waals surface area contributed by atoms with Gasteiger partial charge in [0.05, 0.1) is 5.52 Å². The Morgan fingerprint density at radius 3 is 2.93 bits per heavy atom. The molecule has 0 saturated carbocycles. The predicted molar refractivity (Wildman–Crippen MR) is 68.0 cm³/mol. The third-order valence-corrected chi connectivity index (χ3v) is 3.26. The van der Waals surface area contributed by atoms with E-state index >= 15 is 0 Å². The van der Waals surface area contributed by atoms with Crippen LogP contribution in [-0.4, -0.2) is 11.1 Å². The van der Waals surface area contributed by atoms with Crippen molar-refractivity contribution in [3.8, 4) is 0 Å². The normalized spacial score (nSPS) is 11.1. The molecule has 0 bridgehead atoms. The molecule has 0 radical (unpaired) electrons. The number of aromatic nitrogens is 1. The van der Waals surface area contributed by atoms with Crippen molar-refractivity contribution in [1.29, 1.82) is 0 Å². The van der Waals surface area contributed by atoms with E-state index in [1.165, 1.54) is 20.9 Å². The monoisotopic (exact) mass is 266 g/mol. The lowest BCUT2D eigenvalue weighted by molar-refractivity contribution is 0.833. The summed E-state index contributed by atoms with van der Waals surface area (Å²) < 4.78 is 3.30. The second-order valence-electron chi connectivity index (χ2n) is 3.83. The molecule has 0 amide bonds. The van der Waals surface area contributed by atoms with Crippen LogP contribution in [0.5, 0.6) is 0 Å². The van der Waals surface area contributed by atoms with Crippen LogP contribution in [0.1, 0.15) is 12.0 Å². The van der Waals surface area contributed by atoms with Gasteiger partial charge in [-0.15, -0.1) is 0 Å². The summed E-state index contributed by atoms with van der Waals surface area (Å²) in [6.07, 6.45) is 4.19. The molecule has 0 atom stereocenters. The molecule has 2 rings (SSSR count). The first kappa shape index (κ1) is 10.7. The average molecular weight is 267 g/mol. The molecule has 0 aliphatic heterocycles. The topological polar surface area (TPSA) is 30.9 Å². The number of nitrogens with two attached hydrogens (primary N) is 1. The van der Waals surface area contributed by atoms with Gasteiger partial charge in [0.15, 0.2) is 0 Å². The van der Waals surface area contributed by atoms with Gasteiger partial charge >= 0.3 is 0 Å². The smallest absolute Gasteiger partial charge is 0.0622 e. The summed E-state index contributed by atoms with van der Waals surface area (Å²) in [5.74, 6) is 0. The van der Waals surface area contributed by atoms with Gasteiger partial charge in [0.2, 0.25) is 0 Å². The minimum atomic E-state index is 0.754. The Balaban J connectivity index is 2.44. The fourth-order valence-corrected chi connectivity index (χ4v) is 2.70. The van der Waals surface area contributed by atoms with Crippen LogP contribution in [0.3, 0.4) is 0 Å². The third kappa shape index (κ3) is 2.08. The number of fused-ring (bicyclic) bond motifs is 1. The van der Waals surface area contributed by atoms with Gasteiger partial charge in [0, 0.05) is 23.1 Å². The number of hydrogen-bond acceptors (Lipinski definition) is 1. The summed E-state index contributed by atoms with van der Waals surface area (Å²) >= 11 is 3.62. The van der Waals surface area contributed by atoms with E-state index in [2.05, 4.69) is 51.9 Å². The van der Waals surface area contributed by atoms with Gasteiger partial charge in [0.25, 0.3) is 0 Å². The molecule has 0 spiro atoms. The molecule has 0 fully saturated rings. The third-order valence-electron chi connectivity index (χ3n) is 2.65. The molecule has 0 unspecified atom stereocenters. The second-order valence-corrected chi connectivity index (χ2v) is 4.69. The maximum Gasteiger partial charge on any atom is 0.0622 e. The largest absolute Gasteiger partial charge is 0.350 e. The Kier molecular flexibility index (Phi) is 3.12. The minimum absolute atomic E-state index is 0.754.